The number of rotatable bonds is 10. The van der Waals surface area contributed by atoms with Gasteiger partial charge in [-0.1, -0.05) is 54.6 Å². The van der Waals surface area contributed by atoms with Gasteiger partial charge in [0.15, 0.2) is 23.1 Å². The molecular formula is C26H23NO4. The van der Waals surface area contributed by atoms with E-state index < -0.39 is 0 Å². The highest BCUT2D eigenvalue weighted by molar-refractivity contribution is 6.11. The van der Waals surface area contributed by atoms with Gasteiger partial charge in [-0.25, -0.2) is 0 Å². The summed E-state index contributed by atoms with van der Waals surface area (Å²) in [4.78, 5) is 28.5. The fraction of sp³-hybridized carbons (Fsp3) is 0.115. The maximum Gasteiger partial charge on any atom is 0.167 e. The van der Waals surface area contributed by atoms with E-state index in [9.17, 15) is 9.59 Å². The predicted octanol–water partition coefficient (Wildman–Crippen LogP) is 4.92. The summed E-state index contributed by atoms with van der Waals surface area (Å²) in [5.74, 6) is 0.518. The lowest BCUT2D eigenvalue weighted by Gasteiger charge is -2.12. The number of benzene rings is 2. The Balaban J connectivity index is 1.62. The van der Waals surface area contributed by atoms with Crippen molar-refractivity contribution < 1.29 is 19.1 Å². The van der Waals surface area contributed by atoms with Crippen LogP contribution < -0.4 is 9.47 Å². The minimum absolute atomic E-state index is 0.196. The Labute approximate surface area is 181 Å². The van der Waals surface area contributed by atoms with Gasteiger partial charge in [-0.15, -0.1) is 0 Å². The van der Waals surface area contributed by atoms with Crippen molar-refractivity contribution in [2.24, 2.45) is 0 Å². The largest absolute Gasteiger partial charge is 0.492 e. The molecule has 1 aromatic heterocycles. The van der Waals surface area contributed by atoms with Crippen molar-refractivity contribution in [1.82, 2.24) is 4.98 Å². The summed E-state index contributed by atoms with van der Waals surface area (Å²) in [6, 6.07) is 20.5. The molecule has 0 atom stereocenters. The van der Waals surface area contributed by atoms with Crippen molar-refractivity contribution in [1.29, 1.82) is 0 Å². The molecule has 3 aromatic rings. The molecule has 0 radical (unpaired) electrons. The van der Waals surface area contributed by atoms with Crippen LogP contribution in [0.25, 0.3) is 12.2 Å². The summed E-state index contributed by atoms with van der Waals surface area (Å²) < 4.78 is 11.3. The first kappa shape index (κ1) is 21.7. The lowest BCUT2D eigenvalue weighted by atomic mass is 10.1. The Morgan fingerprint density at radius 2 is 1.61 bits per heavy atom. The van der Waals surface area contributed by atoms with Crippen LogP contribution in [-0.2, 0) is 16.2 Å². The minimum Gasteiger partial charge on any atom is -0.492 e. The molecule has 0 saturated carbocycles. The third-order valence-electron chi connectivity index (χ3n) is 4.37. The number of hydrogen-bond donors (Lipinski definition) is 0. The van der Waals surface area contributed by atoms with Crippen molar-refractivity contribution in [3.8, 4) is 11.5 Å². The van der Waals surface area contributed by atoms with Crippen LogP contribution in [0.4, 0.5) is 0 Å². The van der Waals surface area contributed by atoms with Crippen molar-refractivity contribution in [3.63, 3.8) is 0 Å². The van der Waals surface area contributed by atoms with Crippen LogP contribution in [0.3, 0.4) is 0 Å². The van der Waals surface area contributed by atoms with E-state index in [1.165, 1.54) is 12.2 Å². The number of ether oxygens (including phenoxy) is 2. The standard InChI is InChI=1S/C26H23NO4/c1-30-26-21(10-7-12-25(26)31-19-22-11-5-6-17-27-22)14-16-24(29)18-23(28)15-13-20-8-3-2-4-9-20/h2-17H,18-19H2,1H3/b15-13+,16-14+. The van der Waals surface area contributed by atoms with Crippen molar-refractivity contribution in [2.45, 2.75) is 13.0 Å². The minimum atomic E-state index is -0.287. The predicted molar refractivity (Wildman–Crippen MR) is 121 cm³/mol. The molecule has 0 N–H and O–H groups in total. The monoisotopic (exact) mass is 413 g/mol. The number of carbonyl (C=O) groups is 2. The summed E-state index contributed by atoms with van der Waals surface area (Å²) in [7, 11) is 1.54. The lowest BCUT2D eigenvalue weighted by Crippen LogP contribution is -2.02. The molecule has 0 spiro atoms. The second-order valence-corrected chi connectivity index (χ2v) is 6.68. The molecule has 31 heavy (non-hydrogen) atoms. The van der Waals surface area contributed by atoms with Crippen LogP contribution in [0.2, 0.25) is 0 Å². The van der Waals surface area contributed by atoms with Crippen LogP contribution in [0.5, 0.6) is 11.5 Å². The van der Waals surface area contributed by atoms with Crippen LogP contribution in [0, 0.1) is 0 Å². The number of allylic oxidation sites excluding steroid dienone is 2. The van der Waals surface area contributed by atoms with E-state index >= 15 is 0 Å². The van der Waals surface area contributed by atoms with E-state index in [0.717, 1.165) is 11.3 Å². The second-order valence-electron chi connectivity index (χ2n) is 6.68. The Hall–Kier alpha value is -3.99. The van der Waals surface area contributed by atoms with Gasteiger partial charge in [0.25, 0.3) is 0 Å². The number of aromatic nitrogens is 1. The molecule has 0 fully saturated rings. The van der Waals surface area contributed by atoms with Crippen molar-refractivity contribution in [2.75, 3.05) is 7.11 Å². The van der Waals surface area contributed by atoms with E-state index in [2.05, 4.69) is 4.98 Å². The van der Waals surface area contributed by atoms with E-state index in [1.54, 1.807) is 31.5 Å². The zero-order valence-corrected chi connectivity index (χ0v) is 17.2. The van der Waals surface area contributed by atoms with Crippen LogP contribution >= 0.6 is 0 Å². The van der Waals surface area contributed by atoms with Gasteiger partial charge < -0.3 is 9.47 Å². The maximum absolute atomic E-state index is 12.2. The van der Waals surface area contributed by atoms with Crippen LogP contribution in [0.15, 0.2) is 85.1 Å². The maximum atomic E-state index is 12.2. The lowest BCUT2D eigenvalue weighted by molar-refractivity contribution is -0.121. The van der Waals surface area contributed by atoms with Crippen LogP contribution in [-0.4, -0.2) is 23.7 Å². The first-order valence-corrected chi connectivity index (χ1v) is 9.82. The van der Waals surface area contributed by atoms with Crippen molar-refractivity contribution in [3.05, 3.63) is 102 Å². The molecule has 0 amide bonds. The molecule has 2 aromatic carbocycles. The molecule has 0 aliphatic carbocycles. The molecule has 5 nitrogen and oxygen atoms in total. The summed E-state index contributed by atoms with van der Waals surface area (Å²) >= 11 is 0. The molecule has 0 bridgehead atoms. The quantitative estimate of drug-likeness (QED) is 0.348. The number of nitrogens with zero attached hydrogens (tertiary/aromatic N) is 1. The molecule has 0 aliphatic rings. The van der Waals surface area contributed by atoms with Gasteiger partial charge in [0.2, 0.25) is 0 Å². The second kappa shape index (κ2) is 11.3. The van der Waals surface area contributed by atoms with E-state index in [4.69, 9.17) is 9.47 Å². The molecular weight excluding hydrogens is 390 g/mol. The van der Waals surface area contributed by atoms with Gasteiger partial charge in [-0.2, -0.15) is 0 Å². The summed E-state index contributed by atoms with van der Waals surface area (Å²) in [6.07, 6.45) is 7.64. The SMILES string of the molecule is COc1c(/C=C/C(=O)CC(=O)/C=C/c2ccccc2)cccc1OCc1ccccn1. The average Bonchev–Trinajstić information content (AvgIpc) is 2.81. The summed E-state index contributed by atoms with van der Waals surface area (Å²) in [5.41, 5.74) is 2.38. The van der Waals surface area contributed by atoms with Gasteiger partial charge in [-0.05, 0) is 42.0 Å². The molecule has 156 valence electrons. The van der Waals surface area contributed by atoms with E-state index in [1.807, 2.05) is 60.7 Å². The molecule has 0 saturated heterocycles. The molecule has 5 heteroatoms. The van der Waals surface area contributed by atoms with Gasteiger partial charge >= 0.3 is 0 Å². The Kier molecular flexibility index (Phi) is 7.89. The number of carbonyl (C=O) groups excluding carboxylic acids is 2. The normalized spacial score (nSPS) is 11.0. The number of ketones is 2. The van der Waals surface area contributed by atoms with E-state index in [0.29, 0.717) is 23.7 Å². The number of pyridine rings is 1. The zero-order chi connectivity index (χ0) is 21.9. The molecule has 0 unspecified atom stereocenters. The highest BCUT2D eigenvalue weighted by Gasteiger charge is 2.10. The summed E-state index contributed by atoms with van der Waals surface area (Å²) in [6.45, 7) is 0.297. The molecule has 1 heterocycles. The van der Waals surface area contributed by atoms with Gasteiger partial charge in [0.05, 0.1) is 19.2 Å². The first-order chi connectivity index (χ1) is 15.2. The van der Waals surface area contributed by atoms with Gasteiger partial charge in [0.1, 0.15) is 6.61 Å². The van der Waals surface area contributed by atoms with E-state index in [-0.39, 0.29) is 18.0 Å². The smallest absolute Gasteiger partial charge is 0.167 e. The first-order valence-electron chi connectivity index (χ1n) is 9.82. The Morgan fingerprint density at radius 1 is 0.871 bits per heavy atom. The van der Waals surface area contributed by atoms with Gasteiger partial charge in [0, 0.05) is 11.8 Å². The third-order valence-corrected chi connectivity index (χ3v) is 4.37. The Morgan fingerprint density at radius 3 is 2.32 bits per heavy atom. The fourth-order valence-electron chi connectivity index (χ4n) is 2.86. The van der Waals surface area contributed by atoms with Crippen molar-refractivity contribution >= 4 is 23.7 Å². The summed E-state index contributed by atoms with van der Waals surface area (Å²) in [5, 5.41) is 0. The topological polar surface area (TPSA) is 65.5 Å². The zero-order valence-electron chi connectivity index (χ0n) is 17.2. The third kappa shape index (κ3) is 6.78. The highest BCUT2D eigenvalue weighted by Crippen LogP contribution is 2.32. The number of para-hydroxylation sites is 1. The fourth-order valence-corrected chi connectivity index (χ4v) is 2.86. The Bertz CT molecular complexity index is 1070. The molecule has 0 aliphatic heterocycles. The number of methoxy groups -OCH3 is 1. The average molecular weight is 413 g/mol. The number of hydrogen-bond acceptors (Lipinski definition) is 5. The highest BCUT2D eigenvalue weighted by atomic mass is 16.5. The molecule has 3 rings (SSSR count). The van der Waals surface area contributed by atoms with Crippen LogP contribution in [0.1, 0.15) is 23.2 Å². The van der Waals surface area contributed by atoms with Gasteiger partial charge in [-0.3, -0.25) is 14.6 Å².